The molecule has 1 heterocycles. The molecule has 2 aliphatic rings. The molecule has 0 bridgehead atoms. The molecule has 1 amide bonds. The lowest BCUT2D eigenvalue weighted by Gasteiger charge is -2.32. The van der Waals surface area contributed by atoms with Gasteiger partial charge in [-0.3, -0.25) is 9.69 Å². The first-order chi connectivity index (χ1) is 12.2. The van der Waals surface area contributed by atoms with Crippen molar-refractivity contribution in [2.45, 2.75) is 51.5 Å². The van der Waals surface area contributed by atoms with E-state index in [0.717, 1.165) is 44.8 Å². The normalized spacial score (nSPS) is 20.4. The van der Waals surface area contributed by atoms with Gasteiger partial charge in [-0.05, 0) is 62.4 Å². The van der Waals surface area contributed by atoms with Crippen LogP contribution in [0.15, 0.2) is 24.3 Å². The standard InChI is InChI=1S/C21H32N2O2/c1-25-20-9-7-18(8-10-20)16-23-13-11-17(12-14-23)15-22-21(24)19-5-3-2-4-6-19/h7-10,17,19H,2-6,11-16H2,1H3,(H,22,24). The summed E-state index contributed by atoms with van der Waals surface area (Å²) in [6.45, 7) is 4.11. The molecule has 0 atom stereocenters. The Morgan fingerprint density at radius 3 is 2.40 bits per heavy atom. The number of methoxy groups -OCH3 is 1. The molecule has 138 valence electrons. The van der Waals surface area contributed by atoms with Crippen LogP contribution < -0.4 is 10.1 Å². The summed E-state index contributed by atoms with van der Waals surface area (Å²) in [4.78, 5) is 14.8. The quantitative estimate of drug-likeness (QED) is 0.857. The smallest absolute Gasteiger partial charge is 0.223 e. The van der Waals surface area contributed by atoms with E-state index >= 15 is 0 Å². The Kier molecular flexibility index (Phi) is 6.74. The van der Waals surface area contributed by atoms with Crippen molar-refractivity contribution in [2.24, 2.45) is 11.8 Å². The molecular weight excluding hydrogens is 312 g/mol. The van der Waals surface area contributed by atoms with E-state index in [2.05, 4.69) is 22.3 Å². The zero-order chi connectivity index (χ0) is 17.5. The van der Waals surface area contributed by atoms with Crippen LogP contribution in [-0.2, 0) is 11.3 Å². The minimum Gasteiger partial charge on any atom is -0.497 e. The molecule has 1 aliphatic carbocycles. The number of nitrogens with one attached hydrogen (secondary N) is 1. The molecule has 0 aromatic heterocycles. The minimum absolute atomic E-state index is 0.281. The Hall–Kier alpha value is -1.55. The molecule has 1 saturated heterocycles. The van der Waals surface area contributed by atoms with Crippen molar-refractivity contribution in [3.8, 4) is 5.75 Å². The van der Waals surface area contributed by atoms with Crippen molar-refractivity contribution >= 4 is 5.91 Å². The molecule has 2 fully saturated rings. The average Bonchev–Trinajstić information content (AvgIpc) is 2.68. The number of rotatable bonds is 6. The summed E-state index contributed by atoms with van der Waals surface area (Å²) >= 11 is 0. The van der Waals surface area contributed by atoms with Crippen LogP contribution in [0.5, 0.6) is 5.75 Å². The van der Waals surface area contributed by atoms with Gasteiger partial charge in [0.15, 0.2) is 0 Å². The Morgan fingerprint density at radius 2 is 1.76 bits per heavy atom. The number of carbonyl (C=O) groups is 1. The molecule has 0 spiro atoms. The second-order valence-electron chi connectivity index (χ2n) is 7.65. The van der Waals surface area contributed by atoms with Crippen molar-refractivity contribution in [2.75, 3.05) is 26.7 Å². The summed E-state index contributed by atoms with van der Waals surface area (Å²) in [5, 5.41) is 3.23. The van der Waals surface area contributed by atoms with Gasteiger partial charge in [-0.2, -0.15) is 0 Å². The van der Waals surface area contributed by atoms with Gasteiger partial charge >= 0.3 is 0 Å². The molecule has 4 heteroatoms. The summed E-state index contributed by atoms with van der Waals surface area (Å²) in [7, 11) is 1.70. The summed E-state index contributed by atoms with van der Waals surface area (Å²) in [5.41, 5.74) is 1.34. The Morgan fingerprint density at radius 1 is 1.08 bits per heavy atom. The fraction of sp³-hybridized carbons (Fsp3) is 0.667. The van der Waals surface area contributed by atoms with Crippen LogP contribution in [0.2, 0.25) is 0 Å². The van der Waals surface area contributed by atoms with Gasteiger partial charge in [-0.1, -0.05) is 31.4 Å². The Bertz CT molecular complexity index is 529. The lowest BCUT2D eigenvalue weighted by Crippen LogP contribution is -2.40. The van der Waals surface area contributed by atoms with Crippen molar-refractivity contribution in [1.82, 2.24) is 10.2 Å². The van der Waals surface area contributed by atoms with E-state index in [0.29, 0.717) is 11.8 Å². The molecule has 3 rings (SSSR count). The highest BCUT2D eigenvalue weighted by Gasteiger charge is 2.23. The Balaban J connectivity index is 1.35. The highest BCUT2D eigenvalue weighted by atomic mass is 16.5. The zero-order valence-corrected chi connectivity index (χ0v) is 15.5. The highest BCUT2D eigenvalue weighted by Crippen LogP contribution is 2.24. The van der Waals surface area contributed by atoms with Gasteiger partial charge in [0.1, 0.15) is 5.75 Å². The van der Waals surface area contributed by atoms with Gasteiger partial charge in [-0.15, -0.1) is 0 Å². The molecule has 1 aliphatic heterocycles. The third-order valence-electron chi connectivity index (χ3n) is 5.81. The predicted octanol–water partition coefficient (Wildman–Crippen LogP) is 3.60. The maximum atomic E-state index is 12.3. The van der Waals surface area contributed by atoms with Crippen LogP contribution in [0.4, 0.5) is 0 Å². The molecule has 1 saturated carbocycles. The number of hydrogen-bond acceptors (Lipinski definition) is 3. The number of hydrogen-bond donors (Lipinski definition) is 1. The highest BCUT2D eigenvalue weighted by molar-refractivity contribution is 5.78. The first-order valence-corrected chi connectivity index (χ1v) is 9.87. The van der Waals surface area contributed by atoms with E-state index < -0.39 is 0 Å². The minimum atomic E-state index is 0.281. The predicted molar refractivity (Wildman–Crippen MR) is 101 cm³/mol. The zero-order valence-electron chi connectivity index (χ0n) is 15.5. The van der Waals surface area contributed by atoms with E-state index in [1.54, 1.807) is 7.11 Å². The molecule has 1 aromatic rings. The monoisotopic (exact) mass is 344 g/mol. The van der Waals surface area contributed by atoms with Crippen molar-refractivity contribution in [3.05, 3.63) is 29.8 Å². The molecule has 25 heavy (non-hydrogen) atoms. The number of amides is 1. The molecular formula is C21H32N2O2. The first kappa shape index (κ1) is 18.2. The first-order valence-electron chi connectivity index (χ1n) is 9.87. The lowest BCUT2D eigenvalue weighted by molar-refractivity contribution is -0.126. The Labute approximate surface area is 151 Å². The van der Waals surface area contributed by atoms with E-state index in [1.165, 1.54) is 37.7 Å². The summed E-state index contributed by atoms with van der Waals surface area (Å²) < 4.78 is 5.22. The maximum Gasteiger partial charge on any atom is 0.223 e. The van der Waals surface area contributed by atoms with E-state index in [9.17, 15) is 4.79 Å². The number of piperidine rings is 1. The van der Waals surface area contributed by atoms with E-state index in [1.807, 2.05) is 12.1 Å². The topological polar surface area (TPSA) is 41.6 Å². The SMILES string of the molecule is COc1ccc(CN2CCC(CNC(=O)C3CCCCC3)CC2)cc1. The second kappa shape index (κ2) is 9.23. The van der Waals surface area contributed by atoms with Crippen LogP contribution in [0.25, 0.3) is 0 Å². The van der Waals surface area contributed by atoms with Crippen LogP contribution in [0, 0.1) is 11.8 Å². The molecule has 4 nitrogen and oxygen atoms in total. The van der Waals surface area contributed by atoms with Gasteiger partial charge in [0.2, 0.25) is 5.91 Å². The second-order valence-corrected chi connectivity index (χ2v) is 7.65. The van der Waals surface area contributed by atoms with Crippen LogP contribution in [0.3, 0.4) is 0 Å². The van der Waals surface area contributed by atoms with Gasteiger partial charge in [0.25, 0.3) is 0 Å². The maximum absolute atomic E-state index is 12.3. The number of benzene rings is 1. The van der Waals surface area contributed by atoms with Crippen molar-refractivity contribution in [1.29, 1.82) is 0 Å². The number of ether oxygens (including phenoxy) is 1. The summed E-state index contributed by atoms with van der Waals surface area (Å²) in [5.74, 6) is 2.14. The summed E-state index contributed by atoms with van der Waals surface area (Å²) in [6, 6.07) is 8.36. The van der Waals surface area contributed by atoms with Gasteiger partial charge < -0.3 is 10.1 Å². The van der Waals surface area contributed by atoms with E-state index in [4.69, 9.17) is 4.74 Å². The van der Waals surface area contributed by atoms with Crippen molar-refractivity contribution in [3.63, 3.8) is 0 Å². The molecule has 0 radical (unpaired) electrons. The fourth-order valence-electron chi connectivity index (χ4n) is 4.09. The summed E-state index contributed by atoms with van der Waals surface area (Å²) in [6.07, 6.45) is 8.29. The molecule has 0 unspecified atom stereocenters. The number of nitrogens with zero attached hydrogens (tertiary/aromatic N) is 1. The van der Waals surface area contributed by atoms with Crippen molar-refractivity contribution < 1.29 is 9.53 Å². The number of carbonyl (C=O) groups excluding carboxylic acids is 1. The fourth-order valence-corrected chi connectivity index (χ4v) is 4.09. The largest absolute Gasteiger partial charge is 0.497 e. The third-order valence-corrected chi connectivity index (χ3v) is 5.81. The molecule has 1 N–H and O–H groups in total. The van der Waals surface area contributed by atoms with Crippen LogP contribution in [0.1, 0.15) is 50.5 Å². The third kappa shape index (κ3) is 5.46. The molecule has 1 aromatic carbocycles. The van der Waals surface area contributed by atoms with Gasteiger partial charge in [-0.25, -0.2) is 0 Å². The van der Waals surface area contributed by atoms with Crippen LogP contribution in [-0.4, -0.2) is 37.6 Å². The van der Waals surface area contributed by atoms with Crippen LogP contribution >= 0.6 is 0 Å². The van der Waals surface area contributed by atoms with Gasteiger partial charge in [0.05, 0.1) is 7.11 Å². The lowest BCUT2D eigenvalue weighted by atomic mass is 9.88. The van der Waals surface area contributed by atoms with E-state index in [-0.39, 0.29) is 5.92 Å². The average molecular weight is 344 g/mol. The van der Waals surface area contributed by atoms with Gasteiger partial charge in [0, 0.05) is 19.0 Å². The number of likely N-dealkylation sites (tertiary alicyclic amines) is 1.